The third kappa shape index (κ3) is 3.99. The predicted octanol–water partition coefficient (Wildman–Crippen LogP) is 1.43. The van der Waals surface area contributed by atoms with Crippen molar-refractivity contribution in [1.82, 2.24) is 4.98 Å². The van der Waals surface area contributed by atoms with Crippen molar-refractivity contribution in [3.63, 3.8) is 0 Å². The van der Waals surface area contributed by atoms with E-state index in [0.717, 1.165) is 6.07 Å². The van der Waals surface area contributed by atoms with Crippen molar-refractivity contribution < 1.29 is 27.4 Å². The Labute approximate surface area is 95.3 Å². The highest BCUT2D eigenvalue weighted by molar-refractivity contribution is 5.49. The monoisotopic (exact) mass is 252 g/mol. The molecule has 0 spiro atoms. The number of hydrogen-bond donors (Lipinski definition) is 1. The molecule has 96 valence electrons. The molecule has 8 heteroatoms. The Kier molecular flexibility index (Phi) is 4.83. The maximum atomic E-state index is 13.2. The summed E-state index contributed by atoms with van der Waals surface area (Å²) in [6.07, 6.45) is 0. The molecule has 0 fully saturated rings. The molecule has 0 unspecified atom stereocenters. The molecule has 0 radical (unpaired) electrons. The first-order chi connectivity index (χ1) is 8.04. The number of alkyl halides is 2. The van der Waals surface area contributed by atoms with Crippen molar-refractivity contribution in [1.29, 1.82) is 0 Å². The average molecular weight is 252 g/mol. The van der Waals surface area contributed by atoms with E-state index in [9.17, 15) is 13.2 Å². The fourth-order valence-electron chi connectivity index (χ4n) is 1.01. The molecule has 0 aromatic carbocycles. The van der Waals surface area contributed by atoms with Gasteiger partial charge in [0.1, 0.15) is 6.61 Å². The number of rotatable bonds is 6. The zero-order valence-corrected chi connectivity index (χ0v) is 8.95. The van der Waals surface area contributed by atoms with Gasteiger partial charge in [-0.1, -0.05) is 0 Å². The highest BCUT2D eigenvalue weighted by atomic mass is 19.3. The first kappa shape index (κ1) is 13.4. The van der Waals surface area contributed by atoms with Crippen LogP contribution in [0.3, 0.4) is 0 Å². The van der Waals surface area contributed by atoms with Gasteiger partial charge >= 0.3 is 6.61 Å². The van der Waals surface area contributed by atoms with E-state index >= 15 is 0 Å². The molecule has 5 nitrogen and oxygen atoms in total. The van der Waals surface area contributed by atoms with Gasteiger partial charge in [0.2, 0.25) is 5.88 Å². The molecule has 0 saturated heterocycles. The van der Waals surface area contributed by atoms with Crippen LogP contribution < -0.4 is 15.2 Å². The molecule has 2 N–H and O–H groups in total. The van der Waals surface area contributed by atoms with Crippen LogP contribution >= 0.6 is 0 Å². The van der Waals surface area contributed by atoms with Crippen LogP contribution in [0, 0.1) is 5.82 Å². The van der Waals surface area contributed by atoms with Crippen molar-refractivity contribution in [3.8, 4) is 11.8 Å². The summed E-state index contributed by atoms with van der Waals surface area (Å²) in [4.78, 5) is 3.62. The van der Waals surface area contributed by atoms with Gasteiger partial charge in [0.15, 0.2) is 5.82 Å². The van der Waals surface area contributed by atoms with Crippen LogP contribution in [0.2, 0.25) is 0 Å². The summed E-state index contributed by atoms with van der Waals surface area (Å²) in [6.45, 7) is -3.54. The zero-order chi connectivity index (χ0) is 12.8. The fraction of sp³-hybridized carbons (Fsp3) is 0.444. The lowest BCUT2D eigenvalue weighted by Crippen LogP contribution is -2.11. The first-order valence-electron chi connectivity index (χ1n) is 4.57. The lowest BCUT2D eigenvalue weighted by molar-refractivity contribution is -0.133. The fourth-order valence-corrected chi connectivity index (χ4v) is 1.01. The predicted molar refractivity (Wildman–Crippen MR) is 52.6 cm³/mol. The van der Waals surface area contributed by atoms with Crippen LogP contribution in [0.5, 0.6) is 11.8 Å². The molecule has 0 aliphatic carbocycles. The van der Waals surface area contributed by atoms with Gasteiger partial charge in [-0.05, 0) is 0 Å². The number of anilines is 1. The average Bonchev–Trinajstić information content (AvgIpc) is 2.26. The van der Waals surface area contributed by atoms with E-state index in [1.54, 1.807) is 0 Å². The summed E-state index contributed by atoms with van der Waals surface area (Å²) >= 11 is 0. The SMILES string of the molecule is COc1nc(OCCOC(F)F)c(F)cc1N. The van der Waals surface area contributed by atoms with Gasteiger partial charge in [-0.15, -0.1) is 0 Å². The van der Waals surface area contributed by atoms with Crippen molar-refractivity contribution >= 4 is 5.69 Å². The molecule has 0 atom stereocenters. The number of halogens is 3. The second kappa shape index (κ2) is 6.14. The summed E-state index contributed by atoms with van der Waals surface area (Å²) in [6, 6.07) is 0.967. The lowest BCUT2D eigenvalue weighted by Gasteiger charge is -2.09. The molecule has 1 heterocycles. The summed E-state index contributed by atoms with van der Waals surface area (Å²) < 4.78 is 49.9. The normalized spacial score (nSPS) is 10.6. The second-order valence-corrected chi connectivity index (χ2v) is 2.85. The molecular weight excluding hydrogens is 241 g/mol. The summed E-state index contributed by atoms with van der Waals surface area (Å²) in [7, 11) is 1.31. The Hall–Kier alpha value is -1.70. The Morgan fingerprint density at radius 3 is 2.65 bits per heavy atom. The topological polar surface area (TPSA) is 66.6 Å². The van der Waals surface area contributed by atoms with Crippen LogP contribution in [-0.4, -0.2) is 31.9 Å². The van der Waals surface area contributed by atoms with E-state index in [1.165, 1.54) is 7.11 Å². The van der Waals surface area contributed by atoms with E-state index in [0.29, 0.717) is 0 Å². The van der Waals surface area contributed by atoms with Crippen LogP contribution in [0.25, 0.3) is 0 Å². The molecule has 1 aromatic heterocycles. The molecule has 0 aliphatic heterocycles. The van der Waals surface area contributed by atoms with Gasteiger partial charge in [0, 0.05) is 6.07 Å². The minimum atomic E-state index is -2.89. The number of nitrogens with zero attached hydrogens (tertiary/aromatic N) is 1. The quantitative estimate of drug-likeness (QED) is 0.776. The Balaban J connectivity index is 2.58. The Morgan fingerprint density at radius 2 is 2.06 bits per heavy atom. The maximum Gasteiger partial charge on any atom is 0.345 e. The minimum Gasteiger partial charge on any atom is -0.479 e. The van der Waals surface area contributed by atoms with Gasteiger partial charge in [-0.3, -0.25) is 0 Å². The van der Waals surface area contributed by atoms with Crippen molar-refractivity contribution in [2.45, 2.75) is 6.61 Å². The summed E-state index contributed by atoms with van der Waals surface area (Å²) in [5, 5.41) is 0. The van der Waals surface area contributed by atoms with Gasteiger partial charge in [-0.25, -0.2) is 4.39 Å². The smallest absolute Gasteiger partial charge is 0.345 e. The van der Waals surface area contributed by atoms with Crippen molar-refractivity contribution in [3.05, 3.63) is 11.9 Å². The van der Waals surface area contributed by atoms with Gasteiger partial charge in [0.25, 0.3) is 5.88 Å². The van der Waals surface area contributed by atoms with E-state index in [4.69, 9.17) is 15.2 Å². The standard InChI is InChI=1S/C9H11F3N2O3/c1-15-8-6(13)4-5(10)7(14-8)16-2-3-17-9(11)12/h4,9H,2-3,13H2,1H3. The summed E-state index contributed by atoms with van der Waals surface area (Å²) in [5.74, 6) is -1.19. The largest absolute Gasteiger partial charge is 0.479 e. The summed E-state index contributed by atoms with van der Waals surface area (Å²) in [5.41, 5.74) is 5.40. The number of nitrogens with two attached hydrogens (primary N) is 1. The Bertz CT molecular complexity index is 377. The van der Waals surface area contributed by atoms with Gasteiger partial charge in [-0.2, -0.15) is 13.8 Å². The van der Waals surface area contributed by atoms with Gasteiger partial charge in [0.05, 0.1) is 19.4 Å². The molecule has 1 rings (SSSR count). The number of pyridine rings is 1. The van der Waals surface area contributed by atoms with E-state index in [-0.39, 0.29) is 30.7 Å². The third-order valence-electron chi connectivity index (χ3n) is 1.70. The molecule has 17 heavy (non-hydrogen) atoms. The zero-order valence-electron chi connectivity index (χ0n) is 8.95. The first-order valence-corrected chi connectivity index (χ1v) is 4.57. The molecule has 0 amide bonds. The molecule has 1 aromatic rings. The number of aromatic nitrogens is 1. The van der Waals surface area contributed by atoms with Crippen molar-refractivity contribution in [2.75, 3.05) is 26.1 Å². The number of nitrogen functional groups attached to an aromatic ring is 1. The number of ether oxygens (including phenoxy) is 3. The van der Waals surface area contributed by atoms with Gasteiger partial charge < -0.3 is 19.9 Å². The maximum absolute atomic E-state index is 13.2. The van der Waals surface area contributed by atoms with E-state index < -0.39 is 12.4 Å². The number of methoxy groups -OCH3 is 1. The number of hydrogen-bond acceptors (Lipinski definition) is 5. The molecule has 0 saturated carbocycles. The third-order valence-corrected chi connectivity index (χ3v) is 1.70. The molecular formula is C9H11F3N2O3. The van der Waals surface area contributed by atoms with Crippen LogP contribution in [0.4, 0.5) is 18.9 Å². The second-order valence-electron chi connectivity index (χ2n) is 2.85. The van der Waals surface area contributed by atoms with Crippen molar-refractivity contribution in [2.24, 2.45) is 0 Å². The Morgan fingerprint density at radius 1 is 1.35 bits per heavy atom. The highest BCUT2D eigenvalue weighted by Gasteiger charge is 2.11. The molecule has 0 aliphatic rings. The van der Waals surface area contributed by atoms with E-state index in [2.05, 4.69) is 9.72 Å². The van der Waals surface area contributed by atoms with Crippen LogP contribution in [-0.2, 0) is 4.74 Å². The van der Waals surface area contributed by atoms with Crippen LogP contribution in [0.15, 0.2) is 6.07 Å². The van der Waals surface area contributed by atoms with Crippen LogP contribution in [0.1, 0.15) is 0 Å². The molecule has 0 bridgehead atoms. The lowest BCUT2D eigenvalue weighted by atomic mass is 10.4. The minimum absolute atomic E-state index is 0.00354. The highest BCUT2D eigenvalue weighted by Crippen LogP contribution is 2.25. The van der Waals surface area contributed by atoms with E-state index in [1.807, 2.05) is 0 Å².